The van der Waals surface area contributed by atoms with Crippen molar-refractivity contribution in [2.45, 2.75) is 39.5 Å². The van der Waals surface area contributed by atoms with Crippen LogP contribution in [0.3, 0.4) is 0 Å². The van der Waals surface area contributed by atoms with E-state index < -0.39 is 5.97 Å². The van der Waals surface area contributed by atoms with Gasteiger partial charge in [0, 0.05) is 6.54 Å². The minimum atomic E-state index is -0.964. The van der Waals surface area contributed by atoms with E-state index in [1.807, 2.05) is 0 Å². The summed E-state index contributed by atoms with van der Waals surface area (Å²) in [4.78, 5) is 15.3. The molecule has 2 rings (SSSR count). The molecule has 5 nitrogen and oxygen atoms in total. The molecular formula is C16H22N2O3. The first-order valence-electron chi connectivity index (χ1n) is 7.51. The van der Waals surface area contributed by atoms with Crippen LogP contribution < -0.4 is 5.32 Å². The van der Waals surface area contributed by atoms with Crippen LogP contribution in [-0.2, 0) is 0 Å². The molecule has 0 aliphatic heterocycles. The fraction of sp³-hybridized carbons (Fsp3) is 0.500. The van der Waals surface area contributed by atoms with Gasteiger partial charge in [-0.25, -0.2) is 4.79 Å². The Balaban J connectivity index is 2.03. The lowest BCUT2D eigenvalue weighted by Gasteiger charge is -2.13. The maximum atomic E-state index is 10.9. The largest absolute Gasteiger partial charge is 0.478 e. The fourth-order valence-corrected chi connectivity index (χ4v) is 2.31. The van der Waals surface area contributed by atoms with E-state index in [4.69, 9.17) is 9.52 Å². The Labute approximate surface area is 124 Å². The smallest absolute Gasteiger partial charge is 0.335 e. The predicted octanol–water partition coefficient (Wildman–Crippen LogP) is 4.15. The average molecular weight is 290 g/mol. The number of hydrogen-bond donors (Lipinski definition) is 2. The average Bonchev–Trinajstić information content (AvgIpc) is 2.89. The molecule has 114 valence electrons. The van der Waals surface area contributed by atoms with Gasteiger partial charge in [0.2, 0.25) is 0 Å². The number of anilines is 1. The highest BCUT2D eigenvalue weighted by molar-refractivity contribution is 5.92. The van der Waals surface area contributed by atoms with E-state index in [-0.39, 0.29) is 5.56 Å². The van der Waals surface area contributed by atoms with Crippen LogP contribution >= 0.6 is 0 Å². The van der Waals surface area contributed by atoms with Gasteiger partial charge < -0.3 is 14.8 Å². The van der Waals surface area contributed by atoms with Crippen molar-refractivity contribution in [3.05, 3.63) is 23.8 Å². The third-order valence-electron chi connectivity index (χ3n) is 3.72. The minimum Gasteiger partial charge on any atom is -0.478 e. The van der Waals surface area contributed by atoms with Crippen molar-refractivity contribution in [1.82, 2.24) is 4.98 Å². The number of rotatable bonds is 8. The lowest BCUT2D eigenvalue weighted by atomic mass is 9.99. The molecule has 0 fully saturated rings. The second-order valence-corrected chi connectivity index (χ2v) is 5.30. The van der Waals surface area contributed by atoms with Crippen LogP contribution in [-0.4, -0.2) is 22.6 Å². The fourth-order valence-electron chi connectivity index (χ4n) is 2.31. The summed E-state index contributed by atoms with van der Waals surface area (Å²) in [5, 5.41) is 12.2. The zero-order chi connectivity index (χ0) is 15.2. The lowest BCUT2D eigenvalue weighted by Crippen LogP contribution is -2.13. The summed E-state index contributed by atoms with van der Waals surface area (Å²) in [5.74, 6) is -0.358. The van der Waals surface area contributed by atoms with Crippen LogP contribution in [0.5, 0.6) is 0 Å². The van der Waals surface area contributed by atoms with Crippen LogP contribution in [0.1, 0.15) is 49.9 Å². The first-order valence-corrected chi connectivity index (χ1v) is 7.51. The van der Waals surface area contributed by atoms with E-state index in [1.165, 1.54) is 31.4 Å². The van der Waals surface area contributed by atoms with Gasteiger partial charge in [-0.2, -0.15) is 4.98 Å². The summed E-state index contributed by atoms with van der Waals surface area (Å²) >= 11 is 0. The highest BCUT2D eigenvalue weighted by Gasteiger charge is 2.11. The van der Waals surface area contributed by atoms with E-state index in [9.17, 15) is 4.79 Å². The maximum absolute atomic E-state index is 10.9. The summed E-state index contributed by atoms with van der Waals surface area (Å²) in [6, 6.07) is 5.17. The van der Waals surface area contributed by atoms with Gasteiger partial charge in [-0.1, -0.05) is 33.1 Å². The van der Waals surface area contributed by atoms with E-state index in [0.29, 0.717) is 23.0 Å². The molecule has 0 saturated heterocycles. The first-order chi connectivity index (χ1) is 10.1. The van der Waals surface area contributed by atoms with Gasteiger partial charge >= 0.3 is 5.97 Å². The molecule has 1 aromatic carbocycles. The van der Waals surface area contributed by atoms with Crippen LogP contribution in [0, 0.1) is 5.92 Å². The third kappa shape index (κ3) is 3.97. The summed E-state index contributed by atoms with van der Waals surface area (Å²) in [6.07, 6.45) is 4.76. The number of fused-ring (bicyclic) bond motifs is 1. The summed E-state index contributed by atoms with van der Waals surface area (Å²) < 4.78 is 5.57. The van der Waals surface area contributed by atoms with Gasteiger partial charge in [-0.15, -0.1) is 0 Å². The molecule has 2 N–H and O–H groups in total. The van der Waals surface area contributed by atoms with Crippen LogP contribution in [0.4, 0.5) is 6.01 Å². The molecule has 2 aromatic rings. The molecule has 21 heavy (non-hydrogen) atoms. The van der Waals surface area contributed by atoms with Gasteiger partial charge in [0.05, 0.1) is 5.56 Å². The number of carbonyl (C=O) groups is 1. The quantitative estimate of drug-likeness (QED) is 0.763. The Morgan fingerprint density at radius 3 is 2.90 bits per heavy atom. The number of aromatic nitrogens is 1. The molecule has 5 heteroatoms. The second kappa shape index (κ2) is 7.11. The molecule has 0 saturated carbocycles. The molecule has 0 aliphatic carbocycles. The Kier molecular flexibility index (Phi) is 5.20. The number of carboxylic acid groups (broad SMARTS) is 1. The zero-order valence-corrected chi connectivity index (χ0v) is 12.6. The van der Waals surface area contributed by atoms with Crippen LogP contribution in [0.15, 0.2) is 22.6 Å². The van der Waals surface area contributed by atoms with Crippen molar-refractivity contribution in [2.75, 3.05) is 11.9 Å². The molecule has 0 aliphatic rings. The topological polar surface area (TPSA) is 75.4 Å². The normalized spacial score (nSPS) is 12.5. The zero-order valence-electron chi connectivity index (χ0n) is 12.6. The van der Waals surface area contributed by atoms with Crippen molar-refractivity contribution in [3.8, 4) is 0 Å². The van der Waals surface area contributed by atoms with E-state index >= 15 is 0 Å². The maximum Gasteiger partial charge on any atom is 0.335 e. The van der Waals surface area contributed by atoms with Crippen molar-refractivity contribution in [2.24, 2.45) is 5.92 Å². The molecule has 0 amide bonds. The number of hydrogen-bond acceptors (Lipinski definition) is 4. The van der Waals surface area contributed by atoms with Crippen molar-refractivity contribution in [3.63, 3.8) is 0 Å². The SMILES string of the molecule is CCCCC(CC)CNc1nc2ccc(C(=O)O)cc2o1. The van der Waals surface area contributed by atoms with Gasteiger partial charge in [-0.3, -0.25) is 0 Å². The predicted molar refractivity (Wildman–Crippen MR) is 82.8 cm³/mol. The Hall–Kier alpha value is -2.04. The van der Waals surface area contributed by atoms with Crippen molar-refractivity contribution >= 4 is 23.1 Å². The molecule has 1 heterocycles. The summed E-state index contributed by atoms with van der Waals surface area (Å²) in [5.41, 5.74) is 1.38. The number of nitrogens with one attached hydrogen (secondary N) is 1. The van der Waals surface area contributed by atoms with E-state index in [2.05, 4.69) is 24.1 Å². The molecule has 1 aromatic heterocycles. The molecule has 1 atom stereocenters. The highest BCUT2D eigenvalue weighted by atomic mass is 16.4. The standard InChI is InChI=1S/C16H22N2O3/c1-3-5-6-11(4-2)10-17-16-18-13-8-7-12(15(19)20)9-14(13)21-16/h7-9,11H,3-6,10H2,1-2H3,(H,17,18)(H,19,20). The van der Waals surface area contributed by atoms with Gasteiger partial charge in [0.25, 0.3) is 6.01 Å². The summed E-state index contributed by atoms with van der Waals surface area (Å²) in [7, 11) is 0. The van der Waals surface area contributed by atoms with Crippen molar-refractivity contribution < 1.29 is 14.3 Å². The monoisotopic (exact) mass is 290 g/mol. The highest BCUT2D eigenvalue weighted by Crippen LogP contribution is 2.21. The number of unbranched alkanes of at least 4 members (excludes halogenated alkanes) is 1. The van der Waals surface area contributed by atoms with Crippen LogP contribution in [0.25, 0.3) is 11.1 Å². The first kappa shape index (κ1) is 15.4. The molecule has 0 spiro atoms. The number of benzene rings is 1. The van der Waals surface area contributed by atoms with Gasteiger partial charge in [0.15, 0.2) is 5.58 Å². The minimum absolute atomic E-state index is 0.208. The second-order valence-electron chi connectivity index (χ2n) is 5.30. The van der Waals surface area contributed by atoms with Crippen LogP contribution in [0.2, 0.25) is 0 Å². The van der Waals surface area contributed by atoms with Crippen molar-refractivity contribution in [1.29, 1.82) is 0 Å². The number of carboxylic acids is 1. The molecule has 0 radical (unpaired) electrons. The number of oxazole rings is 1. The number of aromatic carboxylic acids is 1. The van der Waals surface area contributed by atoms with Gasteiger partial charge in [-0.05, 0) is 30.5 Å². The molecular weight excluding hydrogens is 268 g/mol. The van der Waals surface area contributed by atoms with E-state index in [0.717, 1.165) is 13.0 Å². The Bertz CT molecular complexity index is 607. The Morgan fingerprint density at radius 1 is 1.43 bits per heavy atom. The van der Waals surface area contributed by atoms with Gasteiger partial charge in [0.1, 0.15) is 5.52 Å². The summed E-state index contributed by atoms with van der Waals surface area (Å²) in [6.45, 7) is 5.21. The number of nitrogens with zero attached hydrogens (tertiary/aromatic N) is 1. The molecule has 1 unspecified atom stereocenters. The third-order valence-corrected chi connectivity index (χ3v) is 3.72. The van der Waals surface area contributed by atoms with E-state index in [1.54, 1.807) is 6.07 Å². The molecule has 0 bridgehead atoms. The lowest BCUT2D eigenvalue weighted by molar-refractivity contribution is 0.0697. The Morgan fingerprint density at radius 2 is 2.24 bits per heavy atom.